The number of hydrogen-bond acceptors (Lipinski definition) is 5. The number of furan rings is 1. The number of nitrogens with zero attached hydrogens (tertiary/aromatic N) is 2. The van der Waals surface area contributed by atoms with E-state index in [2.05, 4.69) is 68.2 Å². The third kappa shape index (κ3) is 7.60. The standard InChI is InChI=1S/C28H23N2O.C13H24O2.Ir/c1-28(2,3)21-16-18(15-17-7-4-5-8-19(17)21)27-26-24(12-14-30-27)31-23-11-10-22-20(25(23)26)9-6-13-29-22;1-5-10(6-2)12(14)9-13(15)11(7-3)8-4;/h4-9,12-14,16H,10-11H2,1-3H3;9-11,14H,5-8H2,1-4H3;/q-1;;/b;12-9-;. The molecule has 6 rings (SSSR count). The molecule has 5 aromatic rings. The molecule has 1 N–H and O–H groups in total. The van der Waals surface area contributed by atoms with Crippen molar-refractivity contribution >= 4 is 27.5 Å². The number of allylic oxidation sites excluding steroid dienone is 2. The summed E-state index contributed by atoms with van der Waals surface area (Å²) in [5.41, 5.74) is 7.55. The Bertz CT molecular complexity index is 1870. The summed E-state index contributed by atoms with van der Waals surface area (Å²) in [6.45, 7) is 14.8. The van der Waals surface area contributed by atoms with Crippen molar-refractivity contribution in [1.82, 2.24) is 9.97 Å². The summed E-state index contributed by atoms with van der Waals surface area (Å²) >= 11 is 0. The summed E-state index contributed by atoms with van der Waals surface area (Å²) < 4.78 is 6.31. The number of carbonyl (C=O) groups is 1. The van der Waals surface area contributed by atoms with E-state index in [0.29, 0.717) is 0 Å². The van der Waals surface area contributed by atoms with Gasteiger partial charge in [0.25, 0.3) is 0 Å². The largest absolute Gasteiger partial charge is 0.512 e. The Morgan fingerprint density at radius 2 is 1.64 bits per heavy atom. The van der Waals surface area contributed by atoms with Crippen LogP contribution < -0.4 is 0 Å². The minimum atomic E-state index is 0. The van der Waals surface area contributed by atoms with Gasteiger partial charge < -0.3 is 9.52 Å². The molecular formula is C41H47IrN2O3-. The normalized spacial score (nSPS) is 12.8. The maximum atomic E-state index is 11.7. The number of aryl methyl sites for hydroxylation is 2. The smallest absolute Gasteiger partial charge is 0.162 e. The molecule has 0 spiro atoms. The molecule has 0 bridgehead atoms. The molecule has 47 heavy (non-hydrogen) atoms. The molecule has 3 aromatic heterocycles. The van der Waals surface area contributed by atoms with Crippen molar-refractivity contribution in [3.05, 3.63) is 95.8 Å². The van der Waals surface area contributed by atoms with Crippen LogP contribution >= 0.6 is 0 Å². The van der Waals surface area contributed by atoms with E-state index in [9.17, 15) is 9.90 Å². The first-order valence-corrected chi connectivity index (χ1v) is 16.9. The molecule has 0 fully saturated rings. The minimum absolute atomic E-state index is 0. The number of rotatable bonds is 8. The Morgan fingerprint density at radius 1 is 0.936 bits per heavy atom. The number of carbonyl (C=O) groups excluding carboxylic acids is 1. The third-order valence-corrected chi connectivity index (χ3v) is 9.34. The molecule has 2 aromatic carbocycles. The van der Waals surface area contributed by atoms with Crippen LogP contribution in [0.4, 0.5) is 0 Å². The number of aromatic nitrogens is 2. The number of hydrogen-bond donors (Lipinski definition) is 1. The van der Waals surface area contributed by atoms with E-state index in [1.54, 1.807) is 0 Å². The van der Waals surface area contributed by atoms with Gasteiger partial charge in [0.2, 0.25) is 0 Å². The fraction of sp³-hybridized carbons (Fsp3) is 0.390. The number of benzene rings is 2. The van der Waals surface area contributed by atoms with Crippen LogP contribution in [0.25, 0.3) is 44.1 Å². The van der Waals surface area contributed by atoms with Crippen LogP contribution in [-0.4, -0.2) is 20.9 Å². The van der Waals surface area contributed by atoms with Gasteiger partial charge in [0.15, 0.2) is 5.78 Å². The molecule has 0 aliphatic heterocycles. The molecule has 0 saturated carbocycles. The first kappa shape index (κ1) is 36.2. The van der Waals surface area contributed by atoms with Crippen LogP contribution in [0.3, 0.4) is 0 Å². The molecule has 249 valence electrons. The molecule has 1 aliphatic rings. The second kappa shape index (κ2) is 15.5. The summed E-state index contributed by atoms with van der Waals surface area (Å²) in [7, 11) is 0. The van der Waals surface area contributed by atoms with Crippen molar-refractivity contribution in [2.24, 2.45) is 11.8 Å². The summed E-state index contributed by atoms with van der Waals surface area (Å²) in [5, 5.41) is 13.2. The van der Waals surface area contributed by atoms with E-state index < -0.39 is 0 Å². The van der Waals surface area contributed by atoms with Gasteiger partial charge in [-0.05, 0) is 49.7 Å². The van der Waals surface area contributed by atoms with Crippen LogP contribution in [0.5, 0.6) is 0 Å². The maximum absolute atomic E-state index is 11.7. The average molecular weight is 808 g/mol. The molecule has 1 aliphatic carbocycles. The van der Waals surface area contributed by atoms with Crippen molar-refractivity contribution in [2.45, 2.75) is 92.4 Å². The first-order chi connectivity index (χ1) is 22.1. The van der Waals surface area contributed by atoms with E-state index in [-0.39, 0.29) is 48.9 Å². The number of aliphatic hydroxyl groups is 1. The quantitative estimate of drug-likeness (QED) is 0.0960. The van der Waals surface area contributed by atoms with Crippen molar-refractivity contribution in [1.29, 1.82) is 0 Å². The van der Waals surface area contributed by atoms with Crippen LogP contribution in [0.15, 0.2) is 77.2 Å². The van der Waals surface area contributed by atoms with Crippen molar-refractivity contribution in [2.75, 3.05) is 0 Å². The maximum Gasteiger partial charge on any atom is 0.162 e. The van der Waals surface area contributed by atoms with Gasteiger partial charge in [0.1, 0.15) is 11.3 Å². The van der Waals surface area contributed by atoms with Gasteiger partial charge in [0.05, 0.1) is 5.76 Å². The van der Waals surface area contributed by atoms with Gasteiger partial charge in [0, 0.05) is 84.7 Å². The van der Waals surface area contributed by atoms with Gasteiger partial charge >= 0.3 is 0 Å². The van der Waals surface area contributed by atoms with Gasteiger partial charge in [-0.1, -0.05) is 83.7 Å². The minimum Gasteiger partial charge on any atom is -0.512 e. The summed E-state index contributed by atoms with van der Waals surface area (Å²) in [4.78, 5) is 21.2. The molecule has 0 amide bonds. The Labute approximate surface area is 293 Å². The Morgan fingerprint density at radius 3 is 2.32 bits per heavy atom. The number of pyridine rings is 2. The molecule has 1 radical (unpaired) electrons. The monoisotopic (exact) mass is 808 g/mol. The number of ketones is 1. The van der Waals surface area contributed by atoms with Gasteiger partial charge in [-0.15, -0.1) is 29.1 Å². The van der Waals surface area contributed by atoms with Crippen LogP contribution in [0.2, 0.25) is 0 Å². The van der Waals surface area contributed by atoms with Crippen LogP contribution in [0, 0.1) is 17.9 Å². The Hall–Kier alpha value is -3.60. The first-order valence-electron chi connectivity index (χ1n) is 16.9. The SMILES string of the molecule is CC(C)(C)c1cc(-c2nccc3oc4c(c23)-c2cccnc2CC4)[c-]c2ccccc12.CCC(CC)C(=O)/C=C(\O)C(CC)CC.[Ir]. The average Bonchev–Trinajstić information content (AvgIpc) is 3.45. The zero-order valence-electron chi connectivity index (χ0n) is 28.7. The summed E-state index contributed by atoms with van der Waals surface area (Å²) in [6, 6.07) is 20.5. The molecule has 3 heterocycles. The van der Waals surface area contributed by atoms with E-state index in [4.69, 9.17) is 9.40 Å². The molecular weight excluding hydrogens is 761 g/mol. The molecule has 0 unspecified atom stereocenters. The van der Waals surface area contributed by atoms with Crippen molar-refractivity contribution in [3.63, 3.8) is 0 Å². The van der Waals surface area contributed by atoms with Gasteiger partial charge in [-0.2, -0.15) is 0 Å². The molecule has 5 nitrogen and oxygen atoms in total. The Balaban J connectivity index is 0.000000269. The number of fused-ring (bicyclic) bond motifs is 6. The van der Waals surface area contributed by atoms with Crippen molar-refractivity contribution < 1.29 is 34.4 Å². The molecule has 6 heteroatoms. The second-order valence-corrected chi connectivity index (χ2v) is 13.3. The predicted octanol–water partition coefficient (Wildman–Crippen LogP) is 10.8. The van der Waals surface area contributed by atoms with Crippen LogP contribution in [-0.2, 0) is 43.2 Å². The topological polar surface area (TPSA) is 76.2 Å². The fourth-order valence-corrected chi connectivity index (χ4v) is 6.61. The zero-order chi connectivity index (χ0) is 33.0. The fourth-order valence-electron chi connectivity index (χ4n) is 6.61. The summed E-state index contributed by atoms with van der Waals surface area (Å²) in [5.74, 6) is 1.58. The molecule has 0 saturated heterocycles. The van der Waals surface area contributed by atoms with E-state index >= 15 is 0 Å². The van der Waals surface area contributed by atoms with Crippen molar-refractivity contribution in [3.8, 4) is 22.4 Å². The van der Waals surface area contributed by atoms with Crippen LogP contribution in [0.1, 0.15) is 91.2 Å². The zero-order valence-corrected chi connectivity index (χ0v) is 31.1. The van der Waals surface area contributed by atoms with E-state index in [1.807, 2.05) is 52.2 Å². The third-order valence-electron chi connectivity index (χ3n) is 9.34. The Kier molecular flexibility index (Phi) is 12.0. The predicted molar refractivity (Wildman–Crippen MR) is 189 cm³/mol. The second-order valence-electron chi connectivity index (χ2n) is 13.3. The summed E-state index contributed by atoms with van der Waals surface area (Å²) in [6.07, 6.45) is 10.4. The van der Waals surface area contributed by atoms with E-state index in [1.165, 1.54) is 17.0 Å². The van der Waals surface area contributed by atoms with Gasteiger partial charge in [-0.25, -0.2) is 0 Å². The molecule has 0 atom stereocenters. The van der Waals surface area contributed by atoms with E-state index in [0.717, 1.165) is 88.7 Å². The van der Waals surface area contributed by atoms with Gasteiger partial charge in [-0.3, -0.25) is 14.8 Å². The number of aliphatic hydroxyl groups excluding tert-OH is 1.